The van der Waals surface area contributed by atoms with Gasteiger partial charge in [-0.15, -0.1) is 23.7 Å². The highest BCUT2D eigenvalue weighted by atomic mass is 35.5. The van der Waals surface area contributed by atoms with Crippen LogP contribution in [0, 0.1) is 6.92 Å². The van der Waals surface area contributed by atoms with E-state index in [1.54, 1.807) is 29.5 Å². The number of piperazine rings is 1. The van der Waals surface area contributed by atoms with Gasteiger partial charge >= 0.3 is 0 Å². The molecule has 184 valence electrons. The number of benzene rings is 1. The number of aryl methyl sites for hydroxylation is 1. The fourth-order valence-corrected chi connectivity index (χ4v) is 6.46. The molecule has 2 N–H and O–H groups in total. The molecule has 0 spiro atoms. The molecule has 0 aliphatic carbocycles. The molecule has 0 saturated carbocycles. The van der Waals surface area contributed by atoms with Crippen LogP contribution in [0.4, 0.5) is 11.6 Å². The summed E-state index contributed by atoms with van der Waals surface area (Å²) in [5, 5.41) is 5.67. The number of nitrogens with zero attached hydrogens (tertiary/aromatic N) is 2. The Balaban J connectivity index is 0.00000324. The molecule has 0 radical (unpaired) electrons. The second-order valence-electron chi connectivity index (χ2n) is 8.33. The molecule has 11 heteroatoms. The van der Waals surface area contributed by atoms with Crippen molar-refractivity contribution < 1.29 is 13.2 Å². The van der Waals surface area contributed by atoms with E-state index in [2.05, 4.69) is 33.8 Å². The lowest BCUT2D eigenvalue weighted by Gasteiger charge is -2.37. The molecule has 2 atom stereocenters. The normalized spacial score (nSPS) is 18.3. The molecule has 0 unspecified atom stereocenters. The lowest BCUT2D eigenvalue weighted by Crippen LogP contribution is -2.54. The van der Waals surface area contributed by atoms with Gasteiger partial charge in [-0.1, -0.05) is 17.7 Å². The summed E-state index contributed by atoms with van der Waals surface area (Å²) in [6.45, 7) is 7.77. The first-order valence-corrected chi connectivity index (χ1v) is 13.3. The Morgan fingerprint density at radius 2 is 1.88 bits per heavy atom. The van der Waals surface area contributed by atoms with Gasteiger partial charge in [0.2, 0.25) is 0 Å². The number of ether oxygens (including phenoxy) is 1. The van der Waals surface area contributed by atoms with Gasteiger partial charge in [-0.2, -0.15) is 0 Å². The van der Waals surface area contributed by atoms with Crippen LogP contribution in [0.2, 0.25) is 5.02 Å². The maximum absolute atomic E-state index is 13.2. The van der Waals surface area contributed by atoms with Gasteiger partial charge in [-0.3, -0.25) is 4.72 Å². The molecule has 34 heavy (non-hydrogen) atoms. The lowest BCUT2D eigenvalue weighted by atomic mass is 10.1. The molecule has 1 fully saturated rings. The Hall–Kier alpha value is -2.04. The Kier molecular flexibility index (Phi) is 8.36. The zero-order chi connectivity index (χ0) is 23.8. The van der Waals surface area contributed by atoms with Gasteiger partial charge in [-0.25, -0.2) is 13.4 Å². The van der Waals surface area contributed by atoms with Crippen LogP contribution in [0.25, 0.3) is 10.4 Å². The third kappa shape index (κ3) is 5.78. The first-order chi connectivity index (χ1) is 15.7. The van der Waals surface area contributed by atoms with E-state index in [0.29, 0.717) is 23.7 Å². The second-order valence-corrected chi connectivity index (χ2v) is 11.3. The number of pyridine rings is 1. The quantitative estimate of drug-likeness (QED) is 0.445. The highest BCUT2D eigenvalue weighted by Gasteiger charge is 2.25. The van der Waals surface area contributed by atoms with Crippen molar-refractivity contribution in [3.63, 3.8) is 0 Å². The number of anilines is 2. The zero-order valence-corrected chi connectivity index (χ0v) is 22.5. The third-order valence-electron chi connectivity index (χ3n) is 5.41. The number of nitrogens with one attached hydrogen (secondary N) is 2. The highest BCUT2D eigenvalue weighted by molar-refractivity contribution is 7.92. The van der Waals surface area contributed by atoms with Crippen molar-refractivity contribution in [3.05, 3.63) is 52.4 Å². The number of halogens is 2. The van der Waals surface area contributed by atoms with Gasteiger partial charge in [0.15, 0.2) is 11.6 Å². The van der Waals surface area contributed by atoms with E-state index < -0.39 is 10.0 Å². The molecule has 0 amide bonds. The minimum Gasteiger partial charge on any atom is -0.493 e. The van der Waals surface area contributed by atoms with Crippen molar-refractivity contribution in [2.24, 2.45) is 0 Å². The number of aromatic nitrogens is 1. The Labute approximate surface area is 216 Å². The summed E-state index contributed by atoms with van der Waals surface area (Å²) in [5.41, 5.74) is 2.02. The van der Waals surface area contributed by atoms with E-state index in [1.165, 1.54) is 13.2 Å². The number of thiophene rings is 1. The van der Waals surface area contributed by atoms with Gasteiger partial charge in [0.05, 0.1) is 12.1 Å². The van der Waals surface area contributed by atoms with E-state index in [0.717, 1.165) is 29.1 Å². The van der Waals surface area contributed by atoms with Crippen LogP contribution in [-0.4, -0.2) is 45.7 Å². The molecule has 4 rings (SSSR count). The van der Waals surface area contributed by atoms with Crippen LogP contribution in [0.5, 0.6) is 5.75 Å². The summed E-state index contributed by atoms with van der Waals surface area (Å²) in [6, 6.07) is 11.1. The standard InChI is InChI=1S/C23H27ClN4O3S2.ClH/c1-14-9-20(32-13-14)17-5-7-21(18(24)10-17)33(29,30)27-23-19(31-4)6-8-22(26-23)28-11-15(2)25-16(3)12-28;/h5-10,13,15-16,25H,11-12H2,1-4H3,(H,26,27);1H/t15-,16+;. The van der Waals surface area contributed by atoms with Gasteiger partial charge in [-0.05, 0) is 67.6 Å². The van der Waals surface area contributed by atoms with Crippen molar-refractivity contribution >= 4 is 57.0 Å². The summed E-state index contributed by atoms with van der Waals surface area (Å²) in [4.78, 5) is 7.73. The smallest absolute Gasteiger partial charge is 0.264 e. The third-order valence-corrected chi connectivity index (χ3v) is 8.33. The molecule has 7 nitrogen and oxygen atoms in total. The number of sulfonamides is 1. The van der Waals surface area contributed by atoms with E-state index >= 15 is 0 Å². The molecule has 3 heterocycles. The van der Waals surface area contributed by atoms with Crippen LogP contribution in [0.3, 0.4) is 0 Å². The molecular weight excluding hydrogens is 515 g/mol. The SMILES string of the molecule is COc1ccc(N2C[C@@H](C)N[C@@H](C)C2)nc1NS(=O)(=O)c1ccc(-c2cc(C)cs2)cc1Cl.Cl. The van der Waals surface area contributed by atoms with Crippen LogP contribution < -0.4 is 19.7 Å². The van der Waals surface area contributed by atoms with Crippen molar-refractivity contribution in [2.45, 2.75) is 37.8 Å². The second kappa shape index (κ2) is 10.7. The van der Waals surface area contributed by atoms with Crippen LogP contribution in [-0.2, 0) is 10.0 Å². The van der Waals surface area contributed by atoms with Gasteiger partial charge in [0.1, 0.15) is 10.7 Å². The minimum atomic E-state index is -3.99. The Morgan fingerprint density at radius 3 is 2.47 bits per heavy atom. The van der Waals surface area contributed by atoms with Gasteiger partial charge in [0, 0.05) is 30.1 Å². The molecule has 0 bridgehead atoms. The molecule has 1 aliphatic heterocycles. The van der Waals surface area contributed by atoms with E-state index in [4.69, 9.17) is 16.3 Å². The Bertz CT molecular complexity index is 1260. The molecule has 1 aromatic carbocycles. The first-order valence-electron chi connectivity index (χ1n) is 10.6. The maximum atomic E-state index is 13.2. The van der Waals surface area contributed by atoms with Crippen molar-refractivity contribution in [1.82, 2.24) is 10.3 Å². The highest BCUT2D eigenvalue weighted by Crippen LogP contribution is 2.34. The van der Waals surface area contributed by atoms with Crippen molar-refractivity contribution in [2.75, 3.05) is 29.8 Å². The molecule has 3 aromatic rings. The summed E-state index contributed by atoms with van der Waals surface area (Å²) in [6.07, 6.45) is 0. The van der Waals surface area contributed by atoms with Crippen LogP contribution in [0.1, 0.15) is 19.4 Å². The lowest BCUT2D eigenvalue weighted by molar-refractivity contribution is 0.403. The number of hydrogen-bond donors (Lipinski definition) is 2. The van der Waals surface area contributed by atoms with Gasteiger partial charge < -0.3 is 15.0 Å². The van der Waals surface area contributed by atoms with Crippen LogP contribution >= 0.6 is 35.3 Å². The summed E-state index contributed by atoms with van der Waals surface area (Å²) in [5.74, 6) is 1.14. The topological polar surface area (TPSA) is 83.6 Å². The van der Waals surface area contributed by atoms with Crippen LogP contribution in [0.15, 0.2) is 46.7 Å². The van der Waals surface area contributed by atoms with E-state index in [-0.39, 0.29) is 28.1 Å². The first kappa shape index (κ1) is 26.6. The zero-order valence-electron chi connectivity index (χ0n) is 19.3. The fraction of sp³-hybridized carbons (Fsp3) is 0.348. The molecule has 1 aliphatic rings. The predicted octanol–water partition coefficient (Wildman–Crippen LogP) is 5.19. The number of rotatable bonds is 6. The van der Waals surface area contributed by atoms with E-state index in [1.807, 2.05) is 24.4 Å². The molecule has 1 saturated heterocycles. The number of methoxy groups -OCH3 is 1. The minimum absolute atomic E-state index is 0. The summed E-state index contributed by atoms with van der Waals surface area (Å²) < 4.78 is 34.4. The predicted molar refractivity (Wildman–Crippen MR) is 143 cm³/mol. The molecular formula is C23H28Cl2N4O3S2. The average Bonchev–Trinajstić information content (AvgIpc) is 3.19. The van der Waals surface area contributed by atoms with Crippen molar-refractivity contribution in [3.8, 4) is 16.2 Å². The van der Waals surface area contributed by atoms with Gasteiger partial charge in [0.25, 0.3) is 10.0 Å². The van der Waals surface area contributed by atoms with E-state index in [9.17, 15) is 8.42 Å². The maximum Gasteiger partial charge on any atom is 0.264 e. The Morgan fingerprint density at radius 1 is 1.18 bits per heavy atom. The number of hydrogen-bond acceptors (Lipinski definition) is 7. The summed E-state index contributed by atoms with van der Waals surface area (Å²) in [7, 11) is -2.51. The van der Waals surface area contributed by atoms with Crippen molar-refractivity contribution in [1.29, 1.82) is 0 Å². The monoisotopic (exact) mass is 542 g/mol. The molecule has 2 aromatic heterocycles. The average molecular weight is 544 g/mol. The summed E-state index contributed by atoms with van der Waals surface area (Å²) >= 11 is 8.00. The fourth-order valence-electron chi connectivity index (χ4n) is 4.00. The largest absolute Gasteiger partial charge is 0.493 e.